The average molecular weight is 433 g/mol. The number of fused-ring (bicyclic) bond motifs is 1. The van der Waals surface area contributed by atoms with Crippen molar-refractivity contribution in [2.45, 2.75) is 51.1 Å². The van der Waals surface area contributed by atoms with Gasteiger partial charge in [0.25, 0.3) is 5.91 Å². The van der Waals surface area contributed by atoms with E-state index in [9.17, 15) is 18.0 Å². The number of nitrogens with zero attached hydrogens (tertiary/aromatic N) is 3. The van der Waals surface area contributed by atoms with Gasteiger partial charge in [0.05, 0.1) is 6.20 Å². The standard InChI is InChI=1S/C21H22F3N5O2/c22-21(23,24)31-17-9-5-4-6-14(17)12-25-18-10-11-29-19(28-18)16(13-26-29)20(30)27-15-7-2-1-3-8-15/h4-6,9-11,13,15H,1-3,7-8,12H2,(H,25,28)(H,27,30). The molecule has 1 aromatic carbocycles. The van der Waals surface area contributed by atoms with Crippen LogP contribution in [0.25, 0.3) is 5.65 Å². The molecule has 0 saturated heterocycles. The SMILES string of the molecule is O=C(NC1CCCCC1)c1cnn2ccc(NCc3ccccc3OC(F)(F)F)nc12. The predicted octanol–water partition coefficient (Wildman–Crippen LogP) is 4.30. The van der Waals surface area contributed by atoms with Crippen molar-refractivity contribution in [3.63, 3.8) is 0 Å². The largest absolute Gasteiger partial charge is 0.573 e. The molecule has 1 fully saturated rings. The van der Waals surface area contributed by atoms with Gasteiger partial charge < -0.3 is 15.4 Å². The lowest BCUT2D eigenvalue weighted by molar-refractivity contribution is -0.274. The molecule has 3 aromatic rings. The van der Waals surface area contributed by atoms with E-state index < -0.39 is 6.36 Å². The van der Waals surface area contributed by atoms with Gasteiger partial charge in [-0.05, 0) is 25.0 Å². The number of para-hydroxylation sites is 1. The molecule has 0 radical (unpaired) electrons. The van der Waals surface area contributed by atoms with E-state index in [1.54, 1.807) is 18.3 Å². The van der Waals surface area contributed by atoms with E-state index in [2.05, 4.69) is 25.5 Å². The molecule has 2 N–H and O–H groups in total. The molecule has 1 saturated carbocycles. The molecular weight excluding hydrogens is 411 g/mol. The number of aromatic nitrogens is 3. The molecule has 0 unspecified atom stereocenters. The number of carbonyl (C=O) groups is 1. The highest BCUT2D eigenvalue weighted by molar-refractivity contribution is 5.99. The average Bonchev–Trinajstić information content (AvgIpc) is 3.16. The molecule has 7 nitrogen and oxygen atoms in total. The molecule has 164 valence electrons. The highest BCUT2D eigenvalue weighted by Gasteiger charge is 2.32. The monoisotopic (exact) mass is 433 g/mol. The highest BCUT2D eigenvalue weighted by atomic mass is 19.4. The van der Waals surface area contributed by atoms with Crippen LogP contribution in [0.3, 0.4) is 0 Å². The van der Waals surface area contributed by atoms with Gasteiger partial charge in [-0.2, -0.15) is 5.10 Å². The summed E-state index contributed by atoms with van der Waals surface area (Å²) in [4.78, 5) is 17.1. The van der Waals surface area contributed by atoms with Gasteiger partial charge in [-0.3, -0.25) is 4.79 Å². The van der Waals surface area contributed by atoms with E-state index in [1.807, 2.05) is 0 Å². The van der Waals surface area contributed by atoms with Gasteiger partial charge in [0, 0.05) is 24.3 Å². The molecule has 0 bridgehead atoms. The fraction of sp³-hybridized carbons (Fsp3) is 0.381. The van der Waals surface area contributed by atoms with Crippen LogP contribution in [0, 0.1) is 0 Å². The summed E-state index contributed by atoms with van der Waals surface area (Å²) in [5, 5.41) is 10.2. The number of amides is 1. The van der Waals surface area contributed by atoms with Crippen LogP contribution < -0.4 is 15.4 Å². The zero-order valence-corrected chi connectivity index (χ0v) is 16.7. The molecule has 2 heterocycles. The first-order chi connectivity index (χ1) is 14.9. The number of carbonyl (C=O) groups excluding carboxylic acids is 1. The van der Waals surface area contributed by atoms with Gasteiger partial charge >= 0.3 is 6.36 Å². The lowest BCUT2D eigenvalue weighted by atomic mass is 9.95. The Hall–Kier alpha value is -3.30. The van der Waals surface area contributed by atoms with Crippen LogP contribution in [-0.4, -0.2) is 32.9 Å². The second kappa shape index (κ2) is 8.83. The zero-order chi connectivity index (χ0) is 21.8. The third-order valence-corrected chi connectivity index (χ3v) is 5.21. The van der Waals surface area contributed by atoms with Crippen LogP contribution in [0.1, 0.15) is 48.0 Å². The van der Waals surface area contributed by atoms with E-state index in [4.69, 9.17) is 0 Å². The molecule has 0 aliphatic heterocycles. The number of hydrogen-bond acceptors (Lipinski definition) is 5. The van der Waals surface area contributed by atoms with Crippen molar-refractivity contribution < 1.29 is 22.7 Å². The van der Waals surface area contributed by atoms with Crippen LogP contribution >= 0.6 is 0 Å². The summed E-state index contributed by atoms with van der Waals surface area (Å²) in [6, 6.07) is 7.68. The van der Waals surface area contributed by atoms with Crippen molar-refractivity contribution in [2.24, 2.45) is 0 Å². The summed E-state index contributed by atoms with van der Waals surface area (Å²) in [6.07, 6.45) is 3.66. The number of benzene rings is 1. The van der Waals surface area contributed by atoms with Crippen molar-refractivity contribution in [2.75, 3.05) is 5.32 Å². The first kappa shape index (κ1) is 21.0. The molecule has 1 aliphatic carbocycles. The van der Waals surface area contributed by atoms with Crippen molar-refractivity contribution in [1.82, 2.24) is 19.9 Å². The number of anilines is 1. The maximum atomic E-state index is 12.7. The smallest absolute Gasteiger partial charge is 0.405 e. The molecule has 31 heavy (non-hydrogen) atoms. The van der Waals surface area contributed by atoms with Crippen molar-refractivity contribution >= 4 is 17.4 Å². The van der Waals surface area contributed by atoms with E-state index in [-0.39, 0.29) is 24.2 Å². The number of hydrogen-bond donors (Lipinski definition) is 2. The Bertz CT molecular complexity index is 1060. The van der Waals surface area contributed by atoms with Gasteiger partial charge in [0.1, 0.15) is 17.1 Å². The quantitative estimate of drug-likeness (QED) is 0.606. The summed E-state index contributed by atoms with van der Waals surface area (Å²) in [5.41, 5.74) is 1.05. The Labute approximate surface area is 176 Å². The number of ether oxygens (including phenoxy) is 1. The molecule has 0 spiro atoms. The van der Waals surface area contributed by atoms with Gasteiger partial charge in [-0.15, -0.1) is 13.2 Å². The maximum absolute atomic E-state index is 12.7. The Balaban J connectivity index is 1.48. The minimum Gasteiger partial charge on any atom is -0.405 e. The van der Waals surface area contributed by atoms with Crippen LogP contribution in [0.5, 0.6) is 5.75 Å². The van der Waals surface area contributed by atoms with Crippen LogP contribution in [0.2, 0.25) is 0 Å². The van der Waals surface area contributed by atoms with Crippen molar-refractivity contribution in [1.29, 1.82) is 0 Å². The van der Waals surface area contributed by atoms with E-state index >= 15 is 0 Å². The molecule has 4 rings (SSSR count). The molecule has 0 atom stereocenters. The second-order valence-electron chi connectivity index (χ2n) is 7.46. The normalized spacial score (nSPS) is 15.1. The van der Waals surface area contributed by atoms with Crippen LogP contribution in [-0.2, 0) is 6.54 Å². The number of nitrogens with one attached hydrogen (secondary N) is 2. The molecule has 1 aliphatic rings. The molecule has 10 heteroatoms. The highest BCUT2D eigenvalue weighted by Crippen LogP contribution is 2.27. The first-order valence-corrected chi connectivity index (χ1v) is 10.1. The lowest BCUT2D eigenvalue weighted by Gasteiger charge is -2.22. The van der Waals surface area contributed by atoms with E-state index in [0.717, 1.165) is 25.7 Å². The van der Waals surface area contributed by atoms with E-state index in [0.29, 0.717) is 22.6 Å². The van der Waals surface area contributed by atoms with Gasteiger partial charge in [0.2, 0.25) is 0 Å². The molecule has 1 amide bonds. The Morgan fingerprint density at radius 1 is 1.16 bits per heavy atom. The fourth-order valence-corrected chi connectivity index (χ4v) is 3.70. The lowest BCUT2D eigenvalue weighted by Crippen LogP contribution is -2.36. The molecular formula is C21H22F3N5O2. The summed E-state index contributed by atoms with van der Waals surface area (Å²) in [5.74, 6) is -0.0996. The number of rotatable bonds is 6. The number of halogens is 3. The van der Waals surface area contributed by atoms with Gasteiger partial charge in [0.15, 0.2) is 5.65 Å². The Kier molecular flexibility index (Phi) is 5.97. The third kappa shape index (κ3) is 5.25. The summed E-state index contributed by atoms with van der Waals surface area (Å²) >= 11 is 0. The van der Waals surface area contributed by atoms with Crippen molar-refractivity contribution in [3.8, 4) is 5.75 Å². The zero-order valence-electron chi connectivity index (χ0n) is 16.7. The topological polar surface area (TPSA) is 80.6 Å². The number of alkyl halides is 3. The van der Waals surface area contributed by atoms with Crippen LogP contribution in [0.4, 0.5) is 19.0 Å². The summed E-state index contributed by atoms with van der Waals surface area (Å²) in [7, 11) is 0. The second-order valence-corrected chi connectivity index (χ2v) is 7.46. The third-order valence-electron chi connectivity index (χ3n) is 5.21. The van der Waals surface area contributed by atoms with Gasteiger partial charge in [-0.25, -0.2) is 9.50 Å². The predicted molar refractivity (Wildman–Crippen MR) is 108 cm³/mol. The van der Waals surface area contributed by atoms with Crippen LogP contribution in [0.15, 0.2) is 42.7 Å². The first-order valence-electron chi connectivity index (χ1n) is 10.1. The summed E-state index contributed by atoms with van der Waals surface area (Å²) in [6.45, 7) is 0.0627. The Morgan fingerprint density at radius 2 is 1.94 bits per heavy atom. The van der Waals surface area contributed by atoms with E-state index in [1.165, 1.54) is 35.3 Å². The molecule has 2 aromatic heterocycles. The maximum Gasteiger partial charge on any atom is 0.573 e. The minimum atomic E-state index is -4.77. The Morgan fingerprint density at radius 3 is 2.71 bits per heavy atom. The minimum absolute atomic E-state index is 0.0627. The van der Waals surface area contributed by atoms with Crippen molar-refractivity contribution in [3.05, 3.63) is 53.9 Å². The summed E-state index contributed by atoms with van der Waals surface area (Å²) < 4.78 is 43.4. The van der Waals surface area contributed by atoms with Gasteiger partial charge in [-0.1, -0.05) is 37.5 Å². The fourth-order valence-electron chi connectivity index (χ4n) is 3.70.